The summed E-state index contributed by atoms with van der Waals surface area (Å²) in [5.41, 5.74) is -0.165. The van der Waals surface area contributed by atoms with Crippen LogP contribution in [-0.2, 0) is 14.3 Å². The molecule has 0 aliphatic carbocycles. The molecule has 1 N–H and O–H groups in total. The fourth-order valence-electron chi connectivity index (χ4n) is 2.81. The van der Waals surface area contributed by atoms with Crippen molar-refractivity contribution in [3.63, 3.8) is 0 Å². The van der Waals surface area contributed by atoms with E-state index in [4.69, 9.17) is 16.3 Å². The van der Waals surface area contributed by atoms with Gasteiger partial charge in [0.25, 0.3) is 5.69 Å². The number of carbonyl (C=O) groups is 2. The Morgan fingerprint density at radius 2 is 2.24 bits per heavy atom. The molecule has 1 amide bonds. The number of likely N-dealkylation sites (tertiary alicyclic amines) is 1. The van der Waals surface area contributed by atoms with Crippen molar-refractivity contribution >= 4 is 34.9 Å². The molecule has 8 nitrogen and oxygen atoms in total. The molecule has 1 fully saturated rings. The molecule has 136 valence electrons. The maximum absolute atomic E-state index is 12.2. The van der Waals surface area contributed by atoms with Gasteiger partial charge in [-0.25, -0.2) is 0 Å². The van der Waals surface area contributed by atoms with E-state index in [0.717, 1.165) is 12.8 Å². The predicted octanol–water partition coefficient (Wildman–Crippen LogP) is 2.46. The Morgan fingerprint density at radius 3 is 2.92 bits per heavy atom. The molecule has 0 bridgehead atoms. The second kappa shape index (κ2) is 8.77. The molecule has 1 atom stereocenters. The standard InChI is InChI=1S/C16H20ClN3O5/c1-2-25-16(22)11-4-3-7-19(9-11)10-15(21)18-13-8-12(17)5-6-14(13)20(23)24/h5-6,8,11H,2-4,7,9-10H2,1H3,(H,18,21)/t11-/m1/s1. The van der Waals surface area contributed by atoms with Crippen molar-refractivity contribution < 1.29 is 19.2 Å². The Hall–Kier alpha value is -2.19. The first kappa shape index (κ1) is 19.1. The minimum atomic E-state index is -0.580. The van der Waals surface area contributed by atoms with Crippen LogP contribution in [0.25, 0.3) is 0 Å². The summed E-state index contributed by atoms with van der Waals surface area (Å²) in [6, 6.07) is 3.98. The van der Waals surface area contributed by atoms with E-state index in [9.17, 15) is 19.7 Å². The highest BCUT2D eigenvalue weighted by Crippen LogP contribution is 2.27. The van der Waals surface area contributed by atoms with Gasteiger partial charge in [-0.2, -0.15) is 0 Å². The van der Waals surface area contributed by atoms with Gasteiger partial charge in [-0.05, 0) is 38.4 Å². The maximum Gasteiger partial charge on any atom is 0.310 e. The zero-order chi connectivity index (χ0) is 18.4. The van der Waals surface area contributed by atoms with E-state index in [1.807, 2.05) is 4.90 Å². The van der Waals surface area contributed by atoms with E-state index in [-0.39, 0.29) is 29.8 Å². The number of benzene rings is 1. The van der Waals surface area contributed by atoms with Crippen molar-refractivity contribution in [1.82, 2.24) is 4.90 Å². The number of hydrogen-bond acceptors (Lipinski definition) is 6. The summed E-state index contributed by atoms with van der Waals surface area (Å²) in [7, 11) is 0. The molecule has 9 heteroatoms. The lowest BCUT2D eigenvalue weighted by Crippen LogP contribution is -2.43. The molecule has 1 aliphatic heterocycles. The van der Waals surface area contributed by atoms with Gasteiger partial charge in [0.1, 0.15) is 5.69 Å². The van der Waals surface area contributed by atoms with Gasteiger partial charge >= 0.3 is 5.97 Å². The van der Waals surface area contributed by atoms with Crippen LogP contribution < -0.4 is 5.32 Å². The number of amides is 1. The number of anilines is 1. The van der Waals surface area contributed by atoms with Gasteiger partial charge in [0, 0.05) is 17.6 Å². The average Bonchev–Trinajstić information content (AvgIpc) is 2.55. The lowest BCUT2D eigenvalue weighted by atomic mass is 9.98. The number of piperidine rings is 1. The minimum Gasteiger partial charge on any atom is -0.466 e. The summed E-state index contributed by atoms with van der Waals surface area (Å²) in [4.78, 5) is 36.4. The first-order valence-corrected chi connectivity index (χ1v) is 8.41. The van der Waals surface area contributed by atoms with E-state index in [1.165, 1.54) is 18.2 Å². The van der Waals surface area contributed by atoms with Crippen molar-refractivity contribution in [2.75, 3.05) is 31.6 Å². The number of esters is 1. The van der Waals surface area contributed by atoms with Crippen LogP contribution in [0.5, 0.6) is 0 Å². The summed E-state index contributed by atoms with van der Waals surface area (Å²) in [6.45, 7) is 3.24. The SMILES string of the molecule is CCOC(=O)[C@@H]1CCCN(CC(=O)Nc2cc(Cl)ccc2[N+](=O)[O-])C1. The van der Waals surface area contributed by atoms with E-state index in [0.29, 0.717) is 24.7 Å². The largest absolute Gasteiger partial charge is 0.466 e. The van der Waals surface area contributed by atoms with Gasteiger partial charge in [0.15, 0.2) is 0 Å². The Labute approximate surface area is 150 Å². The number of hydrogen-bond donors (Lipinski definition) is 1. The van der Waals surface area contributed by atoms with Crippen molar-refractivity contribution in [2.45, 2.75) is 19.8 Å². The third-order valence-electron chi connectivity index (χ3n) is 3.92. The van der Waals surface area contributed by atoms with Crippen molar-refractivity contribution in [3.05, 3.63) is 33.3 Å². The van der Waals surface area contributed by atoms with Crippen LogP contribution in [0.4, 0.5) is 11.4 Å². The van der Waals surface area contributed by atoms with Gasteiger partial charge < -0.3 is 10.1 Å². The summed E-state index contributed by atoms with van der Waals surface area (Å²) < 4.78 is 5.03. The zero-order valence-corrected chi connectivity index (χ0v) is 14.6. The maximum atomic E-state index is 12.2. The summed E-state index contributed by atoms with van der Waals surface area (Å²) in [5.74, 6) is -0.894. The number of halogens is 1. The van der Waals surface area contributed by atoms with Gasteiger partial charge in [-0.15, -0.1) is 0 Å². The number of ether oxygens (including phenoxy) is 1. The summed E-state index contributed by atoms with van der Waals surface area (Å²) in [6.07, 6.45) is 1.52. The smallest absolute Gasteiger partial charge is 0.310 e. The minimum absolute atomic E-state index is 0.0412. The van der Waals surface area contributed by atoms with E-state index < -0.39 is 10.8 Å². The fourth-order valence-corrected chi connectivity index (χ4v) is 2.98. The topological polar surface area (TPSA) is 102 Å². The van der Waals surface area contributed by atoms with Crippen LogP contribution in [0.2, 0.25) is 5.02 Å². The number of nitro groups is 1. The highest BCUT2D eigenvalue weighted by Gasteiger charge is 2.28. The monoisotopic (exact) mass is 369 g/mol. The molecule has 1 aliphatic rings. The van der Waals surface area contributed by atoms with Crippen molar-refractivity contribution in [2.24, 2.45) is 5.92 Å². The number of rotatable bonds is 6. The van der Waals surface area contributed by atoms with Crippen LogP contribution in [0.3, 0.4) is 0 Å². The number of nitrogens with one attached hydrogen (secondary N) is 1. The van der Waals surface area contributed by atoms with Crippen LogP contribution in [0, 0.1) is 16.0 Å². The van der Waals surface area contributed by atoms with E-state index in [2.05, 4.69) is 5.32 Å². The van der Waals surface area contributed by atoms with Crippen molar-refractivity contribution in [1.29, 1.82) is 0 Å². The number of carbonyl (C=O) groups excluding carboxylic acids is 2. The molecule has 25 heavy (non-hydrogen) atoms. The molecule has 0 aromatic heterocycles. The first-order valence-electron chi connectivity index (χ1n) is 8.03. The Balaban J connectivity index is 1.97. The second-order valence-corrected chi connectivity index (χ2v) is 6.23. The summed E-state index contributed by atoms with van der Waals surface area (Å²) >= 11 is 5.84. The van der Waals surface area contributed by atoms with E-state index in [1.54, 1.807) is 6.92 Å². The molecule has 1 aromatic rings. The lowest BCUT2D eigenvalue weighted by Gasteiger charge is -2.30. The number of nitrogens with zero attached hydrogens (tertiary/aromatic N) is 2. The van der Waals surface area contributed by atoms with Crippen LogP contribution in [-0.4, -0.2) is 47.9 Å². The average molecular weight is 370 g/mol. The molecule has 1 aromatic carbocycles. The molecule has 0 saturated carbocycles. The molecule has 2 rings (SSSR count). The van der Waals surface area contributed by atoms with Crippen molar-refractivity contribution in [3.8, 4) is 0 Å². The lowest BCUT2D eigenvalue weighted by molar-refractivity contribution is -0.383. The highest BCUT2D eigenvalue weighted by atomic mass is 35.5. The van der Waals surface area contributed by atoms with Crippen LogP contribution in [0.15, 0.2) is 18.2 Å². The molecule has 0 unspecified atom stereocenters. The molecule has 1 heterocycles. The first-order chi connectivity index (χ1) is 11.9. The predicted molar refractivity (Wildman–Crippen MR) is 92.5 cm³/mol. The van der Waals surface area contributed by atoms with E-state index >= 15 is 0 Å². The molecule has 0 radical (unpaired) electrons. The normalized spacial score (nSPS) is 17.8. The quantitative estimate of drug-likeness (QED) is 0.469. The Morgan fingerprint density at radius 1 is 1.48 bits per heavy atom. The van der Waals surface area contributed by atoms with Crippen LogP contribution in [0.1, 0.15) is 19.8 Å². The van der Waals surface area contributed by atoms with Gasteiger partial charge in [0.2, 0.25) is 5.91 Å². The number of nitro benzene ring substituents is 1. The molecular weight excluding hydrogens is 350 g/mol. The molecule has 1 saturated heterocycles. The van der Waals surface area contributed by atoms with Crippen LogP contribution >= 0.6 is 11.6 Å². The Bertz CT molecular complexity index is 667. The Kier molecular flexibility index (Phi) is 6.72. The fraction of sp³-hybridized carbons (Fsp3) is 0.500. The highest BCUT2D eigenvalue weighted by molar-refractivity contribution is 6.31. The van der Waals surface area contributed by atoms with Gasteiger partial charge in [-0.1, -0.05) is 11.6 Å². The third kappa shape index (κ3) is 5.40. The second-order valence-electron chi connectivity index (χ2n) is 5.79. The van der Waals surface area contributed by atoms with Gasteiger partial charge in [-0.3, -0.25) is 24.6 Å². The third-order valence-corrected chi connectivity index (χ3v) is 4.16. The zero-order valence-electron chi connectivity index (χ0n) is 13.9. The molecule has 0 spiro atoms. The van der Waals surface area contributed by atoms with Gasteiger partial charge in [0.05, 0.1) is 24.0 Å². The molecular formula is C16H20ClN3O5. The summed E-state index contributed by atoms with van der Waals surface area (Å²) in [5, 5.41) is 13.9.